The van der Waals surface area contributed by atoms with Crippen LogP contribution in [0.25, 0.3) is 11.1 Å². The van der Waals surface area contributed by atoms with Crippen LogP contribution >= 0.6 is 11.6 Å². The summed E-state index contributed by atoms with van der Waals surface area (Å²) in [4.78, 5) is 36.5. The first-order valence-corrected chi connectivity index (χ1v) is 6.13. The van der Waals surface area contributed by atoms with Crippen molar-refractivity contribution in [3.8, 4) is 16.9 Å². The van der Waals surface area contributed by atoms with Crippen LogP contribution in [0.15, 0.2) is 23.0 Å². The highest BCUT2D eigenvalue weighted by atomic mass is 35.5. The minimum absolute atomic E-state index is 0.0235. The van der Waals surface area contributed by atoms with Crippen LogP contribution in [0.5, 0.6) is 5.75 Å². The van der Waals surface area contributed by atoms with Crippen LogP contribution in [0.1, 0.15) is 20.7 Å². The van der Waals surface area contributed by atoms with Crippen molar-refractivity contribution >= 4 is 29.4 Å². The van der Waals surface area contributed by atoms with E-state index in [-0.39, 0.29) is 21.9 Å². The number of halogens is 1. The van der Waals surface area contributed by atoms with Crippen molar-refractivity contribution in [2.24, 2.45) is 0 Å². The van der Waals surface area contributed by atoms with Crippen LogP contribution in [-0.4, -0.2) is 32.2 Å². The minimum Gasteiger partial charge on any atom is -0.506 e. The highest BCUT2D eigenvalue weighted by Crippen LogP contribution is 2.33. The van der Waals surface area contributed by atoms with E-state index in [0.717, 1.165) is 12.1 Å². The average molecular weight is 325 g/mol. The van der Waals surface area contributed by atoms with Crippen molar-refractivity contribution in [3.63, 3.8) is 0 Å². The predicted octanol–water partition coefficient (Wildman–Crippen LogP) is 1.38. The molecule has 0 aliphatic rings. The van der Waals surface area contributed by atoms with Gasteiger partial charge in [-0.1, -0.05) is 17.7 Å². The van der Waals surface area contributed by atoms with E-state index in [1.807, 2.05) is 4.98 Å². The van der Waals surface area contributed by atoms with Gasteiger partial charge in [0.05, 0.1) is 5.02 Å². The first kappa shape index (κ1) is 15.4. The van der Waals surface area contributed by atoms with E-state index in [2.05, 4.69) is 0 Å². The molecule has 1 aromatic carbocycles. The third kappa shape index (κ3) is 2.47. The number of aromatic carboxylic acids is 2. The molecule has 2 rings (SSSR count). The molecule has 114 valence electrons. The zero-order valence-electron chi connectivity index (χ0n) is 10.8. The molecule has 1 heterocycles. The number of carboxylic acid groups (broad SMARTS) is 2. The van der Waals surface area contributed by atoms with E-state index in [0.29, 0.717) is 0 Å². The standard InChI is InChI=1S/C13H9ClN2O6/c14-5-3-4(1-2-6(5)17)7-8(12(19)20)10(15)16-11(18)9(7)13(21)22/h1-3,17H,(H,19,20)(H,21,22)(H3,15,16,18). The monoisotopic (exact) mass is 324 g/mol. The number of nitrogens with one attached hydrogen (secondary N) is 1. The number of phenols is 1. The lowest BCUT2D eigenvalue weighted by atomic mass is 9.95. The second-order valence-corrected chi connectivity index (χ2v) is 4.68. The first-order valence-electron chi connectivity index (χ1n) is 5.75. The molecule has 2 aromatic rings. The third-order valence-electron chi connectivity index (χ3n) is 2.91. The van der Waals surface area contributed by atoms with Gasteiger partial charge in [-0.05, 0) is 17.7 Å². The molecule has 0 amide bonds. The molecule has 0 atom stereocenters. The van der Waals surface area contributed by atoms with Crippen LogP contribution < -0.4 is 11.3 Å². The van der Waals surface area contributed by atoms with E-state index in [4.69, 9.17) is 17.3 Å². The Labute approximate surface area is 127 Å². The third-order valence-corrected chi connectivity index (χ3v) is 3.21. The largest absolute Gasteiger partial charge is 0.506 e. The molecular formula is C13H9ClN2O6. The van der Waals surface area contributed by atoms with Gasteiger partial charge in [-0.3, -0.25) is 4.79 Å². The number of nitrogen functional groups attached to an aromatic ring is 1. The molecule has 0 spiro atoms. The van der Waals surface area contributed by atoms with Crippen LogP contribution in [0.3, 0.4) is 0 Å². The number of aromatic nitrogens is 1. The number of H-pyrrole nitrogens is 1. The number of carboxylic acids is 2. The van der Waals surface area contributed by atoms with Gasteiger partial charge in [-0.15, -0.1) is 0 Å². The Morgan fingerprint density at radius 1 is 1.14 bits per heavy atom. The van der Waals surface area contributed by atoms with Crippen LogP contribution in [-0.2, 0) is 0 Å². The average Bonchev–Trinajstić information content (AvgIpc) is 2.39. The molecule has 22 heavy (non-hydrogen) atoms. The van der Waals surface area contributed by atoms with Crippen molar-refractivity contribution in [2.75, 3.05) is 5.73 Å². The summed E-state index contributed by atoms with van der Waals surface area (Å²) >= 11 is 5.75. The normalized spacial score (nSPS) is 10.4. The number of phenolic OH excluding ortho intramolecular Hbond substituents is 1. The summed E-state index contributed by atoms with van der Waals surface area (Å²) in [5, 5.41) is 27.7. The molecule has 0 fully saturated rings. The molecular weight excluding hydrogens is 316 g/mol. The number of aromatic hydroxyl groups is 1. The highest BCUT2D eigenvalue weighted by Gasteiger charge is 2.26. The van der Waals surface area contributed by atoms with Gasteiger partial charge in [0.1, 0.15) is 22.7 Å². The molecule has 0 unspecified atom stereocenters. The Balaban J connectivity index is 2.98. The van der Waals surface area contributed by atoms with Crippen LogP contribution in [0.4, 0.5) is 5.82 Å². The second-order valence-electron chi connectivity index (χ2n) is 4.27. The number of hydrogen-bond acceptors (Lipinski definition) is 5. The highest BCUT2D eigenvalue weighted by molar-refractivity contribution is 6.32. The first-order chi connectivity index (χ1) is 10.2. The summed E-state index contributed by atoms with van der Waals surface area (Å²) in [6.45, 7) is 0. The minimum atomic E-state index is -1.62. The van der Waals surface area contributed by atoms with Gasteiger partial charge in [0, 0.05) is 5.56 Å². The van der Waals surface area contributed by atoms with Gasteiger partial charge < -0.3 is 26.0 Å². The summed E-state index contributed by atoms with van der Waals surface area (Å²) in [7, 11) is 0. The fourth-order valence-corrected chi connectivity index (χ4v) is 2.18. The summed E-state index contributed by atoms with van der Waals surface area (Å²) in [5.74, 6) is -3.91. The van der Waals surface area contributed by atoms with E-state index in [1.165, 1.54) is 6.07 Å². The molecule has 0 saturated heterocycles. The second kappa shape index (κ2) is 5.41. The van der Waals surface area contributed by atoms with Gasteiger partial charge in [0.15, 0.2) is 0 Å². The van der Waals surface area contributed by atoms with Crippen molar-refractivity contribution in [3.05, 3.63) is 44.7 Å². The molecule has 0 aliphatic heterocycles. The lowest BCUT2D eigenvalue weighted by Gasteiger charge is -2.12. The summed E-state index contributed by atoms with van der Waals surface area (Å²) in [5.41, 5.74) is 2.72. The predicted molar refractivity (Wildman–Crippen MR) is 77.5 cm³/mol. The number of rotatable bonds is 3. The Kier molecular flexibility index (Phi) is 3.79. The molecule has 0 aliphatic carbocycles. The van der Waals surface area contributed by atoms with Crippen molar-refractivity contribution in [2.45, 2.75) is 0 Å². The molecule has 9 heteroatoms. The lowest BCUT2D eigenvalue weighted by molar-refractivity contribution is 0.0695. The van der Waals surface area contributed by atoms with E-state index in [9.17, 15) is 29.7 Å². The number of pyridine rings is 1. The molecule has 6 N–H and O–H groups in total. The number of nitrogens with two attached hydrogens (primary N) is 1. The van der Waals surface area contributed by atoms with E-state index >= 15 is 0 Å². The fraction of sp³-hybridized carbons (Fsp3) is 0. The quantitative estimate of drug-likeness (QED) is 0.571. The zero-order chi connectivity index (χ0) is 16.6. The van der Waals surface area contributed by atoms with Gasteiger partial charge in [0.25, 0.3) is 5.56 Å². The van der Waals surface area contributed by atoms with Gasteiger partial charge in [0.2, 0.25) is 0 Å². The van der Waals surface area contributed by atoms with Crippen LogP contribution in [0.2, 0.25) is 5.02 Å². The van der Waals surface area contributed by atoms with E-state index < -0.39 is 34.4 Å². The number of aromatic amines is 1. The van der Waals surface area contributed by atoms with Gasteiger partial charge >= 0.3 is 11.9 Å². The maximum atomic E-state index is 11.8. The molecule has 0 bridgehead atoms. The SMILES string of the molecule is Nc1[nH]c(=O)c(C(=O)O)c(-c2ccc(O)c(Cl)c2)c1C(=O)O. The molecule has 0 radical (unpaired) electrons. The van der Waals surface area contributed by atoms with Gasteiger partial charge in [-0.2, -0.15) is 0 Å². The van der Waals surface area contributed by atoms with Gasteiger partial charge in [-0.25, -0.2) is 9.59 Å². The molecule has 8 nitrogen and oxygen atoms in total. The van der Waals surface area contributed by atoms with Crippen molar-refractivity contribution < 1.29 is 24.9 Å². The summed E-state index contributed by atoms with van der Waals surface area (Å²) < 4.78 is 0. The lowest BCUT2D eigenvalue weighted by Crippen LogP contribution is -2.24. The maximum absolute atomic E-state index is 11.8. The fourth-order valence-electron chi connectivity index (χ4n) is 2.00. The maximum Gasteiger partial charge on any atom is 0.342 e. The summed E-state index contributed by atoms with van der Waals surface area (Å²) in [6.07, 6.45) is 0. The topological polar surface area (TPSA) is 154 Å². The molecule has 0 saturated carbocycles. The Bertz CT molecular complexity index is 858. The Morgan fingerprint density at radius 2 is 1.73 bits per heavy atom. The zero-order valence-corrected chi connectivity index (χ0v) is 11.5. The van der Waals surface area contributed by atoms with E-state index in [1.54, 1.807) is 0 Å². The van der Waals surface area contributed by atoms with Crippen molar-refractivity contribution in [1.29, 1.82) is 0 Å². The molecule has 1 aromatic heterocycles. The Morgan fingerprint density at radius 3 is 2.23 bits per heavy atom. The Hall–Kier alpha value is -3.00. The van der Waals surface area contributed by atoms with Crippen LogP contribution in [0, 0.1) is 0 Å². The smallest absolute Gasteiger partial charge is 0.342 e. The number of hydrogen-bond donors (Lipinski definition) is 5. The summed E-state index contributed by atoms with van der Waals surface area (Å²) in [6, 6.07) is 3.52. The number of anilines is 1. The number of carbonyl (C=O) groups is 2. The number of benzene rings is 1. The van der Waals surface area contributed by atoms with Crippen molar-refractivity contribution in [1.82, 2.24) is 4.98 Å².